The van der Waals surface area contributed by atoms with Crippen LogP contribution in [-0.2, 0) is 4.79 Å². The quantitative estimate of drug-likeness (QED) is 0.822. The highest BCUT2D eigenvalue weighted by atomic mass is 35.5. The minimum atomic E-state index is -0.272. The van der Waals surface area contributed by atoms with Crippen LogP contribution in [0, 0.1) is 0 Å². The number of phenolic OH excluding ortho intramolecular Hbond substituents is 1. The number of piperidine rings is 1. The van der Waals surface area contributed by atoms with Gasteiger partial charge in [0.1, 0.15) is 5.75 Å². The molecule has 136 valence electrons. The maximum atomic E-state index is 12.7. The van der Waals surface area contributed by atoms with Gasteiger partial charge in [-0.05, 0) is 31.4 Å². The summed E-state index contributed by atoms with van der Waals surface area (Å²) in [6, 6.07) is 3.51. The molecule has 5 nitrogen and oxygen atoms in total. The molecule has 3 aliphatic heterocycles. The van der Waals surface area contributed by atoms with Gasteiger partial charge in [0.25, 0.3) is 0 Å². The predicted molar refractivity (Wildman–Crippen MR) is 96.2 cm³/mol. The first-order valence-corrected chi connectivity index (χ1v) is 9.58. The Morgan fingerprint density at radius 2 is 1.92 bits per heavy atom. The van der Waals surface area contributed by atoms with Crippen LogP contribution in [0.15, 0.2) is 12.1 Å². The zero-order valence-electron chi connectivity index (χ0n) is 13.9. The molecular weight excluding hydrogens is 363 g/mol. The maximum Gasteiger partial charge on any atom is 0.224 e. The summed E-state index contributed by atoms with van der Waals surface area (Å²) in [4.78, 5) is 16.8. The van der Waals surface area contributed by atoms with E-state index >= 15 is 0 Å². The lowest BCUT2D eigenvalue weighted by atomic mass is 9.91. The third-order valence-electron chi connectivity index (χ3n) is 5.92. The van der Waals surface area contributed by atoms with Gasteiger partial charge >= 0.3 is 0 Å². The Morgan fingerprint density at radius 1 is 1.12 bits per heavy atom. The van der Waals surface area contributed by atoms with Crippen LogP contribution in [0.3, 0.4) is 0 Å². The van der Waals surface area contributed by atoms with Crippen molar-refractivity contribution in [2.75, 3.05) is 19.6 Å². The van der Waals surface area contributed by atoms with Crippen molar-refractivity contribution in [3.8, 4) is 5.75 Å². The molecule has 0 saturated carbocycles. The molecule has 0 bridgehead atoms. The number of benzene rings is 1. The average molecular weight is 385 g/mol. The molecule has 25 heavy (non-hydrogen) atoms. The number of phenols is 1. The summed E-state index contributed by atoms with van der Waals surface area (Å²) in [6.07, 6.45) is 2.71. The Kier molecular flexibility index (Phi) is 4.61. The number of aromatic hydroxyl groups is 1. The number of nitrogens with zero attached hydrogens (tertiary/aromatic N) is 2. The fourth-order valence-electron chi connectivity index (χ4n) is 4.69. The number of halogens is 2. The second-order valence-corrected chi connectivity index (χ2v) is 8.24. The van der Waals surface area contributed by atoms with Crippen LogP contribution in [0.2, 0.25) is 10.0 Å². The number of fused-ring (bicyclic) bond motifs is 1. The molecule has 4 rings (SSSR count). The Hall–Kier alpha value is -1.01. The normalized spacial score (nSPS) is 33.1. The third kappa shape index (κ3) is 3.12. The minimum absolute atomic E-state index is 0.00284. The van der Waals surface area contributed by atoms with Gasteiger partial charge in [-0.1, -0.05) is 23.2 Å². The second-order valence-electron chi connectivity index (χ2n) is 7.46. The van der Waals surface area contributed by atoms with Crippen LogP contribution < -0.4 is 0 Å². The molecule has 0 spiro atoms. The van der Waals surface area contributed by atoms with E-state index in [-0.39, 0.29) is 35.8 Å². The van der Waals surface area contributed by atoms with Crippen molar-refractivity contribution in [2.45, 2.75) is 49.8 Å². The molecule has 0 aromatic heterocycles. The average Bonchev–Trinajstić information content (AvgIpc) is 3.18. The topological polar surface area (TPSA) is 64.0 Å². The standard InChI is InChI=1S/C18H22Cl2N2O3/c19-14-1-2-15(24)17(18(14)20)10-5-12-6-11(7-16(25)22(12)8-10)21-4-3-13(23)9-21/h1-2,10-13,23-24H,3-9H2/t10-,11?,12-,13+/m0/s1. The Balaban J connectivity index is 1.53. The van der Waals surface area contributed by atoms with Crippen LogP contribution in [0.1, 0.15) is 37.2 Å². The summed E-state index contributed by atoms with van der Waals surface area (Å²) in [5.41, 5.74) is 0.657. The monoisotopic (exact) mass is 384 g/mol. The van der Waals surface area contributed by atoms with Gasteiger partial charge in [-0.3, -0.25) is 9.69 Å². The fourth-order valence-corrected chi connectivity index (χ4v) is 5.17. The van der Waals surface area contributed by atoms with E-state index in [0.717, 1.165) is 25.8 Å². The molecule has 4 atom stereocenters. The van der Waals surface area contributed by atoms with Crippen molar-refractivity contribution in [3.63, 3.8) is 0 Å². The summed E-state index contributed by atoms with van der Waals surface area (Å²) in [5, 5.41) is 20.8. The smallest absolute Gasteiger partial charge is 0.224 e. The zero-order valence-corrected chi connectivity index (χ0v) is 15.4. The van der Waals surface area contributed by atoms with Crippen LogP contribution in [-0.4, -0.2) is 63.7 Å². The lowest BCUT2D eigenvalue weighted by molar-refractivity contribution is -0.137. The zero-order chi connectivity index (χ0) is 17.7. The molecule has 1 unspecified atom stereocenters. The van der Waals surface area contributed by atoms with Crippen molar-refractivity contribution in [3.05, 3.63) is 27.7 Å². The number of aliphatic hydroxyl groups is 1. The highest BCUT2D eigenvalue weighted by Gasteiger charge is 2.44. The molecule has 2 N–H and O–H groups in total. The lowest BCUT2D eigenvalue weighted by Crippen LogP contribution is -2.50. The number of carbonyl (C=O) groups excluding carboxylic acids is 1. The summed E-state index contributed by atoms with van der Waals surface area (Å²) in [7, 11) is 0. The Morgan fingerprint density at radius 3 is 2.64 bits per heavy atom. The highest BCUT2D eigenvalue weighted by molar-refractivity contribution is 6.42. The summed E-state index contributed by atoms with van der Waals surface area (Å²) < 4.78 is 0. The van der Waals surface area contributed by atoms with Gasteiger partial charge in [-0.25, -0.2) is 0 Å². The lowest BCUT2D eigenvalue weighted by Gasteiger charge is -2.38. The molecule has 1 amide bonds. The number of β-amino-alcohol motifs (C(OH)–C–C–N with tert-alkyl or cyclic N) is 1. The van der Waals surface area contributed by atoms with E-state index in [1.165, 1.54) is 0 Å². The first-order valence-electron chi connectivity index (χ1n) is 8.82. The van der Waals surface area contributed by atoms with E-state index < -0.39 is 0 Å². The number of hydrogen-bond acceptors (Lipinski definition) is 4. The van der Waals surface area contributed by atoms with Crippen molar-refractivity contribution < 1.29 is 15.0 Å². The molecule has 3 heterocycles. The van der Waals surface area contributed by atoms with E-state index in [1.807, 2.05) is 4.90 Å². The summed E-state index contributed by atoms with van der Waals surface area (Å²) in [5.74, 6) is 0.303. The number of hydrogen-bond donors (Lipinski definition) is 2. The molecular formula is C18H22Cl2N2O3. The molecule has 0 radical (unpaired) electrons. The second kappa shape index (κ2) is 6.62. The van der Waals surface area contributed by atoms with Crippen LogP contribution in [0.4, 0.5) is 0 Å². The maximum absolute atomic E-state index is 12.7. The third-order valence-corrected chi connectivity index (χ3v) is 6.74. The van der Waals surface area contributed by atoms with Gasteiger partial charge in [-0.2, -0.15) is 0 Å². The molecule has 0 aliphatic carbocycles. The molecule has 3 fully saturated rings. The highest BCUT2D eigenvalue weighted by Crippen LogP contribution is 2.45. The van der Waals surface area contributed by atoms with Crippen molar-refractivity contribution in [2.24, 2.45) is 0 Å². The number of rotatable bonds is 2. The number of aliphatic hydroxyl groups excluding tert-OH is 1. The molecule has 3 saturated heterocycles. The largest absolute Gasteiger partial charge is 0.508 e. The van der Waals surface area contributed by atoms with E-state index in [4.69, 9.17) is 23.2 Å². The van der Waals surface area contributed by atoms with Gasteiger partial charge < -0.3 is 15.1 Å². The summed E-state index contributed by atoms with van der Waals surface area (Å²) in [6.45, 7) is 2.09. The minimum Gasteiger partial charge on any atom is -0.508 e. The van der Waals surface area contributed by atoms with Crippen molar-refractivity contribution in [1.29, 1.82) is 0 Å². The Bertz CT molecular complexity index is 699. The molecule has 1 aromatic carbocycles. The number of amides is 1. The molecule has 7 heteroatoms. The van der Waals surface area contributed by atoms with E-state index in [2.05, 4.69) is 4.90 Å². The Labute approximate surface area is 157 Å². The van der Waals surface area contributed by atoms with Gasteiger partial charge in [-0.15, -0.1) is 0 Å². The summed E-state index contributed by atoms with van der Waals surface area (Å²) >= 11 is 12.4. The van der Waals surface area contributed by atoms with E-state index in [0.29, 0.717) is 35.1 Å². The van der Waals surface area contributed by atoms with Gasteiger partial charge in [0, 0.05) is 49.6 Å². The van der Waals surface area contributed by atoms with Crippen molar-refractivity contribution >= 4 is 29.1 Å². The molecule has 3 aliphatic rings. The number of likely N-dealkylation sites (tertiary alicyclic amines) is 1. The van der Waals surface area contributed by atoms with Gasteiger partial charge in [0.05, 0.1) is 16.1 Å². The predicted octanol–water partition coefficient (Wildman–Crippen LogP) is 2.61. The fraction of sp³-hybridized carbons (Fsp3) is 0.611. The number of carbonyl (C=O) groups is 1. The van der Waals surface area contributed by atoms with Crippen molar-refractivity contribution in [1.82, 2.24) is 9.80 Å². The first kappa shape index (κ1) is 17.4. The van der Waals surface area contributed by atoms with Crippen LogP contribution in [0.5, 0.6) is 5.75 Å². The van der Waals surface area contributed by atoms with E-state index in [9.17, 15) is 15.0 Å². The van der Waals surface area contributed by atoms with E-state index in [1.54, 1.807) is 12.1 Å². The first-order chi connectivity index (χ1) is 11.9. The molecule has 1 aromatic rings. The van der Waals surface area contributed by atoms with Gasteiger partial charge in [0.15, 0.2) is 0 Å². The SMILES string of the molecule is O=C1CC(N2CC[C@@H](O)C2)C[C@@H]2C[C@H](c3c(O)ccc(Cl)c3Cl)CN12. The van der Waals surface area contributed by atoms with Gasteiger partial charge in [0.2, 0.25) is 5.91 Å². The van der Waals surface area contributed by atoms with Crippen LogP contribution >= 0.6 is 23.2 Å². The van der Waals surface area contributed by atoms with Crippen LogP contribution in [0.25, 0.3) is 0 Å².